The Bertz CT molecular complexity index is 779. The van der Waals surface area contributed by atoms with Crippen molar-refractivity contribution in [2.45, 2.75) is 6.54 Å². The maximum absolute atomic E-state index is 12.3. The summed E-state index contributed by atoms with van der Waals surface area (Å²) in [6, 6.07) is 11.1. The Morgan fingerprint density at radius 2 is 1.78 bits per heavy atom. The van der Waals surface area contributed by atoms with E-state index in [2.05, 4.69) is 20.5 Å². The lowest BCUT2D eigenvalue weighted by Crippen LogP contribution is -2.53. The Morgan fingerprint density at radius 3 is 2.48 bits per heavy atom. The summed E-state index contributed by atoms with van der Waals surface area (Å²) < 4.78 is 0. The number of carbonyl (C=O) groups excluding carboxylic acids is 2. The predicted molar refractivity (Wildman–Crippen MR) is 105 cm³/mol. The number of aromatic nitrogens is 1. The number of anilines is 1. The molecular formula is C19H22ClN5O2. The number of urea groups is 1. The van der Waals surface area contributed by atoms with Crippen molar-refractivity contribution in [1.82, 2.24) is 20.5 Å². The van der Waals surface area contributed by atoms with Gasteiger partial charge in [0.2, 0.25) is 5.91 Å². The van der Waals surface area contributed by atoms with Crippen LogP contribution in [0, 0.1) is 0 Å². The summed E-state index contributed by atoms with van der Waals surface area (Å²) in [6.07, 6.45) is 3.35. The number of nitrogens with one attached hydrogen (secondary N) is 2. The van der Waals surface area contributed by atoms with Gasteiger partial charge in [0.25, 0.3) is 0 Å². The van der Waals surface area contributed by atoms with Crippen LogP contribution in [-0.2, 0) is 11.3 Å². The van der Waals surface area contributed by atoms with Crippen molar-refractivity contribution < 1.29 is 9.59 Å². The minimum absolute atomic E-state index is 0.0432. The van der Waals surface area contributed by atoms with E-state index in [1.54, 1.807) is 17.3 Å². The largest absolute Gasteiger partial charge is 0.368 e. The topological polar surface area (TPSA) is 77.6 Å². The molecule has 0 spiro atoms. The summed E-state index contributed by atoms with van der Waals surface area (Å²) in [5, 5.41) is 6.14. The third-order valence-electron chi connectivity index (χ3n) is 4.38. The van der Waals surface area contributed by atoms with E-state index >= 15 is 0 Å². The molecule has 2 N–H and O–H groups in total. The first kappa shape index (κ1) is 19.0. The highest BCUT2D eigenvalue weighted by Crippen LogP contribution is 2.20. The van der Waals surface area contributed by atoms with Crippen LogP contribution >= 0.6 is 11.6 Å². The van der Waals surface area contributed by atoms with Crippen LogP contribution in [0.3, 0.4) is 0 Å². The fourth-order valence-electron chi connectivity index (χ4n) is 2.87. The fourth-order valence-corrected chi connectivity index (χ4v) is 3.06. The molecule has 1 aromatic heterocycles. The molecule has 1 fully saturated rings. The molecule has 142 valence electrons. The first-order valence-electron chi connectivity index (χ1n) is 8.81. The molecule has 0 atom stereocenters. The van der Waals surface area contributed by atoms with Crippen molar-refractivity contribution >= 4 is 29.2 Å². The number of halogens is 1. The molecule has 2 aromatic rings. The van der Waals surface area contributed by atoms with Crippen molar-refractivity contribution in [1.29, 1.82) is 0 Å². The quantitative estimate of drug-likeness (QED) is 0.821. The lowest BCUT2D eigenvalue weighted by Gasteiger charge is -2.36. The molecular weight excluding hydrogens is 366 g/mol. The molecule has 3 amide bonds. The standard InChI is InChI=1S/C19H22ClN5O2/c20-16-2-1-3-17(12-16)24-8-10-25(11-9-24)19(27)23-14-18(26)22-13-15-4-6-21-7-5-15/h1-7,12H,8-11,13-14H2,(H,22,26)(H,23,27). The van der Waals surface area contributed by atoms with Gasteiger partial charge in [-0.1, -0.05) is 17.7 Å². The van der Waals surface area contributed by atoms with Crippen LogP contribution in [-0.4, -0.2) is 54.5 Å². The van der Waals surface area contributed by atoms with Crippen LogP contribution in [0.5, 0.6) is 0 Å². The summed E-state index contributed by atoms with van der Waals surface area (Å²) in [5.74, 6) is -0.224. The summed E-state index contributed by atoms with van der Waals surface area (Å²) in [5.41, 5.74) is 2.01. The zero-order valence-corrected chi connectivity index (χ0v) is 15.7. The fraction of sp³-hybridized carbons (Fsp3) is 0.316. The van der Waals surface area contributed by atoms with Crippen LogP contribution in [0.2, 0.25) is 5.02 Å². The van der Waals surface area contributed by atoms with E-state index in [-0.39, 0.29) is 18.5 Å². The van der Waals surface area contributed by atoms with Crippen LogP contribution in [0.25, 0.3) is 0 Å². The molecule has 7 nitrogen and oxygen atoms in total. The van der Waals surface area contributed by atoms with Crippen molar-refractivity contribution in [3.8, 4) is 0 Å². The molecule has 1 aromatic carbocycles. The van der Waals surface area contributed by atoms with E-state index in [4.69, 9.17) is 11.6 Å². The Morgan fingerprint density at radius 1 is 1.04 bits per heavy atom. The molecule has 3 rings (SSSR count). The van der Waals surface area contributed by atoms with Crippen molar-refractivity contribution in [3.05, 3.63) is 59.4 Å². The molecule has 2 heterocycles. The Balaban J connectivity index is 1.38. The molecule has 0 bridgehead atoms. The number of piperazine rings is 1. The van der Waals surface area contributed by atoms with Gasteiger partial charge in [-0.2, -0.15) is 0 Å². The summed E-state index contributed by atoms with van der Waals surface area (Å²) in [7, 11) is 0. The van der Waals surface area contributed by atoms with Gasteiger partial charge < -0.3 is 20.4 Å². The van der Waals surface area contributed by atoms with E-state index in [0.29, 0.717) is 24.7 Å². The van der Waals surface area contributed by atoms with Crippen LogP contribution in [0.4, 0.5) is 10.5 Å². The molecule has 27 heavy (non-hydrogen) atoms. The average Bonchev–Trinajstić information content (AvgIpc) is 2.71. The Labute approximate surface area is 163 Å². The first-order valence-corrected chi connectivity index (χ1v) is 9.18. The number of hydrogen-bond acceptors (Lipinski definition) is 4. The van der Waals surface area contributed by atoms with Crippen molar-refractivity contribution in [2.24, 2.45) is 0 Å². The number of hydrogen-bond donors (Lipinski definition) is 2. The van der Waals surface area contributed by atoms with E-state index in [9.17, 15) is 9.59 Å². The van der Waals surface area contributed by atoms with Gasteiger partial charge in [0.1, 0.15) is 0 Å². The van der Waals surface area contributed by atoms with Crippen molar-refractivity contribution in [3.63, 3.8) is 0 Å². The molecule has 1 aliphatic rings. The number of nitrogens with zero attached hydrogens (tertiary/aromatic N) is 3. The first-order chi connectivity index (χ1) is 13.1. The van der Waals surface area contributed by atoms with Gasteiger partial charge >= 0.3 is 6.03 Å². The highest BCUT2D eigenvalue weighted by atomic mass is 35.5. The second-order valence-electron chi connectivity index (χ2n) is 6.24. The maximum atomic E-state index is 12.3. The summed E-state index contributed by atoms with van der Waals surface area (Å²) in [4.78, 5) is 32.0. The minimum atomic E-state index is -0.224. The average molecular weight is 388 g/mol. The zero-order valence-electron chi connectivity index (χ0n) is 14.9. The molecule has 1 saturated heterocycles. The molecule has 1 aliphatic heterocycles. The van der Waals surface area contributed by atoms with E-state index in [0.717, 1.165) is 24.3 Å². The zero-order chi connectivity index (χ0) is 19.1. The predicted octanol–water partition coefficient (Wildman–Crippen LogP) is 1.88. The van der Waals surface area contributed by atoms with Gasteiger partial charge in [0.15, 0.2) is 0 Å². The molecule has 0 radical (unpaired) electrons. The molecule has 0 aliphatic carbocycles. The van der Waals surface area contributed by atoms with Crippen LogP contribution < -0.4 is 15.5 Å². The smallest absolute Gasteiger partial charge is 0.317 e. The van der Waals surface area contributed by atoms with Gasteiger partial charge in [-0.3, -0.25) is 9.78 Å². The highest BCUT2D eigenvalue weighted by molar-refractivity contribution is 6.30. The lowest BCUT2D eigenvalue weighted by atomic mass is 10.2. The van der Waals surface area contributed by atoms with Crippen molar-refractivity contribution in [2.75, 3.05) is 37.6 Å². The highest BCUT2D eigenvalue weighted by Gasteiger charge is 2.21. The van der Waals surface area contributed by atoms with Gasteiger partial charge in [0.05, 0.1) is 6.54 Å². The summed E-state index contributed by atoms with van der Waals surface area (Å²) in [6.45, 7) is 3.01. The number of pyridine rings is 1. The number of benzene rings is 1. The Hall–Kier alpha value is -2.80. The normalized spacial score (nSPS) is 14.0. The van der Waals surface area contributed by atoms with Crippen LogP contribution in [0.1, 0.15) is 5.56 Å². The number of carbonyl (C=O) groups is 2. The summed E-state index contributed by atoms with van der Waals surface area (Å²) >= 11 is 6.04. The second kappa shape index (κ2) is 9.23. The van der Waals surface area contributed by atoms with Gasteiger partial charge in [-0.25, -0.2) is 4.79 Å². The second-order valence-corrected chi connectivity index (χ2v) is 6.68. The third-order valence-corrected chi connectivity index (χ3v) is 4.61. The van der Waals surface area contributed by atoms with Gasteiger partial charge in [-0.15, -0.1) is 0 Å². The third kappa shape index (κ3) is 5.59. The monoisotopic (exact) mass is 387 g/mol. The van der Waals surface area contributed by atoms with E-state index < -0.39 is 0 Å². The minimum Gasteiger partial charge on any atom is -0.368 e. The van der Waals surface area contributed by atoms with Crippen LogP contribution in [0.15, 0.2) is 48.8 Å². The number of rotatable bonds is 5. The van der Waals surface area contributed by atoms with E-state index in [1.807, 2.05) is 36.4 Å². The molecule has 0 saturated carbocycles. The SMILES string of the molecule is O=C(CNC(=O)N1CCN(c2cccc(Cl)c2)CC1)NCc1ccncc1. The number of amides is 3. The van der Waals surface area contributed by atoms with Gasteiger partial charge in [0, 0.05) is 55.8 Å². The molecule has 8 heteroatoms. The van der Waals surface area contributed by atoms with Gasteiger partial charge in [-0.05, 0) is 35.9 Å². The maximum Gasteiger partial charge on any atom is 0.317 e. The molecule has 0 unspecified atom stereocenters. The van der Waals surface area contributed by atoms with E-state index in [1.165, 1.54) is 0 Å². The lowest BCUT2D eigenvalue weighted by molar-refractivity contribution is -0.120. The Kier molecular flexibility index (Phi) is 6.49.